The van der Waals surface area contributed by atoms with Crippen LogP contribution in [0.4, 0.5) is 11.6 Å². The van der Waals surface area contributed by atoms with Crippen LogP contribution in [0.5, 0.6) is 0 Å². The SMILES string of the molecule is CC1CCN1c1nc2c(c(-c3ccc(C(=O)Nc4ccccc4)cc3)n1)CCC2. The zero-order chi connectivity index (χ0) is 19.8. The summed E-state index contributed by atoms with van der Waals surface area (Å²) in [5.74, 6) is 0.746. The summed E-state index contributed by atoms with van der Waals surface area (Å²) in [6.07, 6.45) is 4.38. The molecule has 5 nitrogen and oxygen atoms in total. The van der Waals surface area contributed by atoms with E-state index in [-0.39, 0.29) is 5.91 Å². The number of carbonyl (C=O) groups is 1. The molecule has 1 aliphatic carbocycles. The average Bonchev–Trinajstić information content (AvgIpc) is 3.21. The van der Waals surface area contributed by atoms with E-state index >= 15 is 0 Å². The van der Waals surface area contributed by atoms with Crippen LogP contribution in [0.2, 0.25) is 0 Å². The number of nitrogens with one attached hydrogen (secondary N) is 1. The quantitative estimate of drug-likeness (QED) is 0.720. The molecule has 2 aromatic carbocycles. The first-order chi connectivity index (χ1) is 14.2. The van der Waals surface area contributed by atoms with Crippen LogP contribution in [0.3, 0.4) is 0 Å². The third kappa shape index (κ3) is 3.37. The molecule has 3 aromatic rings. The van der Waals surface area contributed by atoms with E-state index in [1.54, 1.807) is 0 Å². The van der Waals surface area contributed by atoms with Crippen LogP contribution in [0.15, 0.2) is 54.6 Å². The Hall–Kier alpha value is -3.21. The number of rotatable bonds is 4. The summed E-state index contributed by atoms with van der Waals surface area (Å²) in [5.41, 5.74) is 5.97. The largest absolute Gasteiger partial charge is 0.338 e. The average molecular weight is 384 g/mol. The van der Waals surface area contributed by atoms with E-state index in [0.717, 1.165) is 48.7 Å². The number of aromatic nitrogens is 2. The molecule has 5 rings (SSSR count). The minimum atomic E-state index is -0.106. The number of hydrogen-bond donors (Lipinski definition) is 1. The van der Waals surface area contributed by atoms with Gasteiger partial charge >= 0.3 is 0 Å². The molecule has 29 heavy (non-hydrogen) atoms. The van der Waals surface area contributed by atoms with Crippen molar-refractivity contribution < 1.29 is 4.79 Å². The lowest BCUT2D eigenvalue weighted by Crippen LogP contribution is -2.46. The van der Waals surface area contributed by atoms with Crippen molar-refractivity contribution in [2.75, 3.05) is 16.8 Å². The van der Waals surface area contributed by atoms with Crippen molar-refractivity contribution in [1.29, 1.82) is 0 Å². The van der Waals surface area contributed by atoms with Crippen LogP contribution in [-0.4, -0.2) is 28.5 Å². The number of hydrogen-bond acceptors (Lipinski definition) is 4. The Bertz CT molecular complexity index is 1050. The standard InChI is InChI=1S/C24H24N4O/c1-16-14-15-28(16)24-26-21-9-5-8-20(21)22(27-24)17-10-12-18(13-11-17)23(29)25-19-6-3-2-4-7-19/h2-4,6-7,10-13,16H,5,8-9,14-15H2,1H3,(H,25,29). The zero-order valence-electron chi connectivity index (χ0n) is 16.6. The number of para-hydroxylation sites is 1. The summed E-state index contributed by atoms with van der Waals surface area (Å²) in [6.45, 7) is 3.25. The van der Waals surface area contributed by atoms with Gasteiger partial charge in [-0.1, -0.05) is 30.3 Å². The number of carbonyl (C=O) groups excluding carboxylic acids is 1. The molecule has 0 bridgehead atoms. The van der Waals surface area contributed by atoms with Crippen LogP contribution in [0.25, 0.3) is 11.3 Å². The second-order valence-corrected chi connectivity index (χ2v) is 7.88. The number of anilines is 2. The second kappa shape index (κ2) is 7.32. The van der Waals surface area contributed by atoms with Gasteiger partial charge < -0.3 is 10.2 Å². The van der Waals surface area contributed by atoms with Crippen molar-refractivity contribution >= 4 is 17.5 Å². The maximum atomic E-state index is 12.5. The highest BCUT2D eigenvalue weighted by atomic mass is 16.1. The minimum absolute atomic E-state index is 0.106. The Morgan fingerprint density at radius 3 is 2.52 bits per heavy atom. The lowest BCUT2D eigenvalue weighted by atomic mass is 10.0. The Morgan fingerprint density at radius 1 is 1.03 bits per heavy atom. The van der Waals surface area contributed by atoms with Crippen molar-refractivity contribution in [3.05, 3.63) is 71.4 Å². The summed E-state index contributed by atoms with van der Waals surface area (Å²) in [6, 6.07) is 17.8. The van der Waals surface area contributed by atoms with E-state index in [1.165, 1.54) is 17.7 Å². The molecule has 1 fully saturated rings. The van der Waals surface area contributed by atoms with Crippen molar-refractivity contribution in [1.82, 2.24) is 9.97 Å². The molecule has 2 heterocycles. The molecule has 1 saturated heterocycles. The van der Waals surface area contributed by atoms with Crippen molar-refractivity contribution in [2.45, 2.75) is 38.6 Å². The van der Waals surface area contributed by atoms with E-state index in [0.29, 0.717) is 11.6 Å². The zero-order valence-corrected chi connectivity index (χ0v) is 16.6. The van der Waals surface area contributed by atoms with Crippen LogP contribution in [0.1, 0.15) is 41.4 Å². The van der Waals surface area contributed by atoms with Gasteiger partial charge in [0.05, 0.1) is 5.69 Å². The Labute approximate surface area is 170 Å². The molecule has 2 aliphatic rings. The summed E-state index contributed by atoms with van der Waals surface area (Å²) < 4.78 is 0. The van der Waals surface area contributed by atoms with Gasteiger partial charge in [0.25, 0.3) is 5.91 Å². The highest BCUT2D eigenvalue weighted by Gasteiger charge is 2.29. The van der Waals surface area contributed by atoms with Crippen LogP contribution in [0, 0.1) is 0 Å². The van der Waals surface area contributed by atoms with E-state index < -0.39 is 0 Å². The Kier molecular flexibility index (Phi) is 4.51. The fourth-order valence-corrected chi connectivity index (χ4v) is 4.10. The molecule has 5 heteroatoms. The molecule has 1 atom stereocenters. The van der Waals surface area contributed by atoms with E-state index in [1.807, 2.05) is 54.6 Å². The fourth-order valence-electron chi connectivity index (χ4n) is 4.10. The molecule has 1 aliphatic heterocycles. The predicted octanol–water partition coefficient (Wildman–Crippen LogP) is 4.48. The highest BCUT2D eigenvalue weighted by Crippen LogP contribution is 2.34. The number of nitrogens with zero attached hydrogens (tertiary/aromatic N) is 3. The molecule has 0 radical (unpaired) electrons. The number of fused-ring (bicyclic) bond motifs is 1. The summed E-state index contributed by atoms with van der Waals surface area (Å²) in [4.78, 5) is 24.6. The first-order valence-corrected chi connectivity index (χ1v) is 10.3. The highest BCUT2D eigenvalue weighted by molar-refractivity contribution is 6.04. The molecule has 1 aromatic heterocycles. The van der Waals surface area contributed by atoms with Crippen LogP contribution >= 0.6 is 0 Å². The summed E-state index contributed by atoms with van der Waals surface area (Å²) >= 11 is 0. The number of aryl methyl sites for hydroxylation is 1. The van der Waals surface area contributed by atoms with Crippen LogP contribution in [-0.2, 0) is 12.8 Å². The van der Waals surface area contributed by atoms with Gasteiger partial charge in [0.15, 0.2) is 0 Å². The maximum absolute atomic E-state index is 12.5. The monoisotopic (exact) mass is 384 g/mol. The predicted molar refractivity (Wildman–Crippen MR) is 115 cm³/mol. The van der Waals surface area contributed by atoms with Gasteiger partial charge in [0.1, 0.15) is 0 Å². The van der Waals surface area contributed by atoms with Gasteiger partial charge in [-0.05, 0) is 56.9 Å². The van der Waals surface area contributed by atoms with Crippen molar-refractivity contribution in [2.24, 2.45) is 0 Å². The number of amides is 1. The van der Waals surface area contributed by atoms with Gasteiger partial charge in [-0.3, -0.25) is 4.79 Å². The second-order valence-electron chi connectivity index (χ2n) is 7.88. The van der Waals surface area contributed by atoms with E-state index in [4.69, 9.17) is 9.97 Å². The van der Waals surface area contributed by atoms with E-state index in [9.17, 15) is 4.79 Å². The Morgan fingerprint density at radius 2 is 1.83 bits per heavy atom. The smallest absolute Gasteiger partial charge is 0.255 e. The van der Waals surface area contributed by atoms with Gasteiger partial charge in [-0.2, -0.15) is 0 Å². The maximum Gasteiger partial charge on any atom is 0.255 e. The lowest BCUT2D eigenvalue weighted by Gasteiger charge is -2.39. The molecule has 146 valence electrons. The molecular weight excluding hydrogens is 360 g/mol. The molecule has 1 unspecified atom stereocenters. The van der Waals surface area contributed by atoms with E-state index in [2.05, 4.69) is 17.1 Å². The normalized spacial score (nSPS) is 17.6. The van der Waals surface area contributed by atoms with Gasteiger partial charge in [-0.25, -0.2) is 9.97 Å². The van der Waals surface area contributed by atoms with Crippen LogP contribution < -0.4 is 10.2 Å². The first-order valence-electron chi connectivity index (χ1n) is 10.3. The summed E-state index contributed by atoms with van der Waals surface area (Å²) in [7, 11) is 0. The molecule has 1 amide bonds. The molecule has 1 N–H and O–H groups in total. The third-order valence-electron chi connectivity index (χ3n) is 5.95. The topological polar surface area (TPSA) is 58.1 Å². The van der Waals surface area contributed by atoms with Crippen molar-refractivity contribution in [3.63, 3.8) is 0 Å². The fraction of sp³-hybridized carbons (Fsp3) is 0.292. The minimum Gasteiger partial charge on any atom is -0.338 e. The number of benzene rings is 2. The Balaban J connectivity index is 1.43. The molecule has 0 spiro atoms. The third-order valence-corrected chi connectivity index (χ3v) is 5.95. The lowest BCUT2D eigenvalue weighted by molar-refractivity contribution is 0.102. The van der Waals surface area contributed by atoms with Gasteiger partial charge in [-0.15, -0.1) is 0 Å². The molecular formula is C24H24N4O. The molecule has 0 saturated carbocycles. The summed E-state index contributed by atoms with van der Waals surface area (Å²) in [5, 5.41) is 2.93. The van der Waals surface area contributed by atoms with Crippen molar-refractivity contribution in [3.8, 4) is 11.3 Å². The van der Waals surface area contributed by atoms with Gasteiger partial charge in [0, 0.05) is 40.7 Å². The first kappa shape index (κ1) is 17.9. The van der Waals surface area contributed by atoms with Gasteiger partial charge in [0.2, 0.25) is 5.95 Å².